The molecular formula is C34H46ClN3O9. The molecule has 0 spiro atoms. The summed E-state index contributed by atoms with van der Waals surface area (Å²) in [6, 6.07) is -1.38. The van der Waals surface area contributed by atoms with Crippen LogP contribution in [0.3, 0.4) is 0 Å². The average Bonchev–Trinajstić information content (AvgIpc) is 3.79. The molecule has 2 heterocycles. The minimum atomic E-state index is -2.04. The number of nitrogens with zero attached hydrogens (tertiary/aromatic N) is 2. The van der Waals surface area contributed by atoms with E-state index in [2.05, 4.69) is 10.5 Å². The van der Waals surface area contributed by atoms with Crippen LogP contribution in [-0.4, -0.2) is 93.2 Å². The van der Waals surface area contributed by atoms with Gasteiger partial charge in [0.25, 0.3) is 0 Å². The van der Waals surface area contributed by atoms with Gasteiger partial charge in [0.2, 0.25) is 6.23 Å². The Bertz CT molecular complexity index is 1470. The predicted molar refractivity (Wildman–Crippen MR) is 171 cm³/mol. The highest BCUT2D eigenvalue weighted by Gasteiger charge is 2.73. The van der Waals surface area contributed by atoms with Crippen molar-refractivity contribution >= 4 is 35.3 Å². The molecule has 4 N–H and O–H groups in total. The minimum Gasteiger partial charge on any atom is -0.480 e. The van der Waals surface area contributed by atoms with Gasteiger partial charge in [0.1, 0.15) is 23.5 Å². The number of carbonyl (C=O) groups is 3. The fourth-order valence-electron chi connectivity index (χ4n) is 9.43. The van der Waals surface area contributed by atoms with E-state index >= 15 is 0 Å². The Morgan fingerprint density at radius 1 is 1.19 bits per heavy atom. The van der Waals surface area contributed by atoms with E-state index in [0.29, 0.717) is 30.5 Å². The maximum atomic E-state index is 13.6. The second-order valence-corrected chi connectivity index (χ2v) is 15.1. The number of carboxylic acids is 1. The van der Waals surface area contributed by atoms with Crippen LogP contribution in [-0.2, 0) is 23.9 Å². The van der Waals surface area contributed by atoms with E-state index in [1.807, 2.05) is 33.8 Å². The lowest BCUT2D eigenvalue weighted by molar-refractivity contribution is -0.245. The van der Waals surface area contributed by atoms with Gasteiger partial charge in [-0.15, -0.1) is 0 Å². The van der Waals surface area contributed by atoms with Crippen molar-refractivity contribution in [2.24, 2.45) is 40.2 Å². The van der Waals surface area contributed by atoms with Crippen molar-refractivity contribution in [3.05, 3.63) is 34.4 Å². The van der Waals surface area contributed by atoms with Crippen molar-refractivity contribution in [1.29, 1.82) is 0 Å². The van der Waals surface area contributed by atoms with E-state index in [0.717, 1.165) is 19.3 Å². The molecule has 0 aromatic rings. The van der Waals surface area contributed by atoms with Gasteiger partial charge in [-0.05, 0) is 50.0 Å². The Morgan fingerprint density at radius 3 is 2.51 bits per heavy atom. The largest absolute Gasteiger partial charge is 0.480 e. The van der Waals surface area contributed by atoms with Gasteiger partial charge in [-0.25, -0.2) is 4.79 Å². The van der Waals surface area contributed by atoms with E-state index in [4.69, 9.17) is 25.9 Å². The number of carbonyl (C=O) groups excluding carboxylic acids is 2. The zero-order valence-electron chi connectivity index (χ0n) is 27.7. The predicted octanol–water partition coefficient (Wildman–Crippen LogP) is 3.71. The first-order valence-corrected chi connectivity index (χ1v) is 16.9. The summed E-state index contributed by atoms with van der Waals surface area (Å²) in [4.78, 5) is 46.3. The normalized spacial score (nSPS) is 41.3. The molecule has 4 unspecified atom stereocenters. The van der Waals surface area contributed by atoms with Crippen LogP contribution in [0.25, 0.3) is 0 Å². The number of aliphatic hydroxyl groups is 2. The van der Waals surface area contributed by atoms with Gasteiger partial charge in [0.15, 0.2) is 0 Å². The summed E-state index contributed by atoms with van der Waals surface area (Å²) in [6.45, 7) is 9.24. The van der Waals surface area contributed by atoms with Crippen LogP contribution < -0.4 is 5.32 Å². The molecule has 6 aliphatic rings. The molecule has 2 saturated carbocycles. The number of nitrogens with one attached hydrogen (secondary N) is 1. The van der Waals surface area contributed by atoms with Crippen molar-refractivity contribution < 1.29 is 44.0 Å². The van der Waals surface area contributed by atoms with Crippen LogP contribution in [0.4, 0.5) is 4.79 Å². The molecule has 3 fully saturated rings. The highest BCUT2D eigenvalue weighted by molar-refractivity contribution is 6.47. The summed E-state index contributed by atoms with van der Waals surface area (Å²) in [6.07, 6.45) is 6.33. The second kappa shape index (κ2) is 11.9. The highest BCUT2D eigenvalue weighted by Crippen LogP contribution is 2.64. The fourth-order valence-corrected chi connectivity index (χ4v) is 9.76. The molecule has 0 radical (unpaired) electrons. The monoisotopic (exact) mass is 675 g/mol. The lowest BCUT2D eigenvalue weighted by Crippen LogP contribution is -2.71. The quantitative estimate of drug-likeness (QED) is 0.231. The average molecular weight is 676 g/mol. The maximum Gasteiger partial charge on any atom is 0.409 e. The van der Waals surface area contributed by atoms with Gasteiger partial charge in [-0.1, -0.05) is 62.2 Å². The lowest BCUT2D eigenvalue weighted by Gasteiger charge is -2.63. The molecular weight excluding hydrogens is 630 g/mol. The van der Waals surface area contributed by atoms with Gasteiger partial charge in [0, 0.05) is 48.3 Å². The third-order valence-corrected chi connectivity index (χ3v) is 12.2. The Balaban J connectivity index is 1.55. The summed E-state index contributed by atoms with van der Waals surface area (Å²) < 4.78 is 11.1. The van der Waals surface area contributed by atoms with Crippen molar-refractivity contribution in [3.8, 4) is 0 Å². The number of aliphatic carboxylic acids is 1. The van der Waals surface area contributed by atoms with Crippen LogP contribution in [0.15, 0.2) is 39.6 Å². The molecule has 0 bridgehead atoms. The number of fused-ring (bicyclic) bond motifs is 4. The number of rotatable bonds is 7. The summed E-state index contributed by atoms with van der Waals surface area (Å²) in [5, 5.41) is 44.8. The van der Waals surface area contributed by atoms with Crippen LogP contribution in [0.5, 0.6) is 0 Å². The molecule has 2 aliphatic heterocycles. The van der Waals surface area contributed by atoms with Crippen LogP contribution in [0, 0.1) is 35.0 Å². The summed E-state index contributed by atoms with van der Waals surface area (Å²) >= 11 is 6.62. The smallest absolute Gasteiger partial charge is 0.409 e. The molecule has 0 aromatic carbocycles. The molecule has 13 heteroatoms. The van der Waals surface area contributed by atoms with E-state index in [9.17, 15) is 29.7 Å². The lowest BCUT2D eigenvalue weighted by atomic mass is 9.44. The second-order valence-electron chi connectivity index (χ2n) is 14.7. The van der Waals surface area contributed by atoms with Gasteiger partial charge < -0.3 is 34.5 Å². The third kappa shape index (κ3) is 5.12. The number of carboxylic acid groups (broad SMARTS) is 1. The zero-order chi connectivity index (χ0) is 34.2. The Morgan fingerprint density at radius 2 is 1.89 bits per heavy atom. The fraction of sp³-hybridized carbons (Fsp3) is 0.706. The first kappa shape index (κ1) is 34.0. The first-order chi connectivity index (χ1) is 22.1. The number of hydrogen-bond donors (Lipinski definition) is 4. The molecule has 258 valence electrons. The maximum absolute atomic E-state index is 13.6. The molecule has 1 amide bonds. The molecule has 11 atom stereocenters. The number of hydrogen-bond acceptors (Lipinski definition) is 10. The number of ether oxygens (including phenoxy) is 2. The van der Waals surface area contributed by atoms with Crippen molar-refractivity contribution in [2.75, 3.05) is 13.7 Å². The topological polar surface area (TPSA) is 167 Å². The highest BCUT2D eigenvalue weighted by atomic mass is 35.5. The van der Waals surface area contributed by atoms with Gasteiger partial charge in [-0.2, -0.15) is 0 Å². The van der Waals surface area contributed by atoms with Crippen molar-refractivity contribution in [3.63, 3.8) is 0 Å². The van der Waals surface area contributed by atoms with Crippen LogP contribution >= 0.6 is 11.6 Å². The Hall–Kier alpha value is -2.93. The van der Waals surface area contributed by atoms with E-state index in [1.54, 1.807) is 17.1 Å². The molecule has 12 nitrogen and oxygen atoms in total. The Kier molecular flexibility index (Phi) is 8.59. The van der Waals surface area contributed by atoms with Gasteiger partial charge in [-0.3, -0.25) is 14.9 Å². The Labute approximate surface area is 279 Å². The number of allylic oxidation sites excluding steroid dienone is 3. The summed E-state index contributed by atoms with van der Waals surface area (Å²) in [7, 11) is 1.35. The van der Waals surface area contributed by atoms with Gasteiger partial charge in [0.05, 0.1) is 17.7 Å². The third-order valence-electron chi connectivity index (χ3n) is 11.9. The molecule has 4 aliphatic carbocycles. The SMILES string of the molecule is COC(=O)N(CC(C)C1(C)CCC[C@H]2C=C(C)C(OC(C)=O)C([C@H]3[C@@H](C(=O)O)N[C@@H]4ON=C5C(Cl)=C[C@H](C)C=C5[C@@]43O)[C@]21O)C1CC1. The molecule has 1 saturated heterocycles. The number of esters is 1. The first-order valence-electron chi connectivity index (χ1n) is 16.6. The van der Waals surface area contributed by atoms with E-state index in [1.165, 1.54) is 14.0 Å². The molecule has 0 aromatic heterocycles. The van der Waals surface area contributed by atoms with Crippen molar-refractivity contribution in [1.82, 2.24) is 10.2 Å². The van der Waals surface area contributed by atoms with E-state index in [-0.39, 0.29) is 28.6 Å². The van der Waals surface area contributed by atoms with Crippen molar-refractivity contribution in [2.45, 2.75) is 102 Å². The van der Waals surface area contributed by atoms with Crippen LogP contribution in [0.2, 0.25) is 0 Å². The molecule has 47 heavy (non-hydrogen) atoms. The van der Waals surface area contributed by atoms with Crippen LogP contribution in [0.1, 0.15) is 66.7 Å². The minimum absolute atomic E-state index is 0.0487. The summed E-state index contributed by atoms with van der Waals surface area (Å²) in [5.74, 6) is -5.27. The van der Waals surface area contributed by atoms with E-state index < -0.39 is 70.8 Å². The summed E-state index contributed by atoms with van der Waals surface area (Å²) in [5.41, 5.74) is -3.54. The number of oxime groups is 1. The number of amides is 1. The van der Waals surface area contributed by atoms with Gasteiger partial charge >= 0.3 is 18.0 Å². The molecule has 6 rings (SSSR count). The standard InChI is InChI=1S/C34H46ClN3O9/c1-16-12-22-26(23(35)13-16)37-47-30-33(22,43)24(27(36-30)29(40)41)25-28(46-19(4)39)17(2)14-20-8-7-11-32(5,34(20,25)44)18(3)15-38(21-9-10-21)31(42)45-6/h12-14,16,18,20-21,24-25,27-28,30,36,43-44H,7-11,15H2,1-6H3,(H,40,41)/t16-,18?,20+,24+,25?,27+,28?,30-,32?,33+,34-/m1/s1. The number of halogens is 1. The zero-order valence-corrected chi connectivity index (χ0v) is 28.5. The number of methoxy groups -OCH3 is 1.